The summed E-state index contributed by atoms with van der Waals surface area (Å²) in [4.78, 5) is 20.7. The maximum absolute atomic E-state index is 12.3. The van der Waals surface area contributed by atoms with E-state index in [2.05, 4.69) is 15.1 Å². The van der Waals surface area contributed by atoms with E-state index >= 15 is 0 Å². The van der Waals surface area contributed by atoms with Gasteiger partial charge in [-0.25, -0.2) is 4.98 Å². The van der Waals surface area contributed by atoms with Gasteiger partial charge in [-0.2, -0.15) is 4.98 Å². The molecule has 3 aromatic rings. The third-order valence-corrected chi connectivity index (χ3v) is 4.26. The van der Waals surface area contributed by atoms with Crippen molar-refractivity contribution in [3.05, 3.63) is 74.5 Å². The van der Waals surface area contributed by atoms with Gasteiger partial charge in [0.25, 0.3) is 5.56 Å². The SMILES string of the molecule is Cc1c(CN)ncn(Cc2nc(C[C@H](O)c3ccc(Cl)cc3)no2)c1=O. The zero-order chi connectivity index (χ0) is 18.7. The van der Waals surface area contributed by atoms with E-state index in [-0.39, 0.29) is 31.0 Å². The van der Waals surface area contributed by atoms with Crippen LogP contribution in [0.2, 0.25) is 5.02 Å². The van der Waals surface area contributed by atoms with E-state index in [1.807, 2.05) is 0 Å². The molecular weight excluding hydrogens is 358 g/mol. The van der Waals surface area contributed by atoms with E-state index in [1.165, 1.54) is 10.9 Å². The molecule has 0 unspecified atom stereocenters. The normalized spacial score (nSPS) is 12.3. The third-order valence-electron chi connectivity index (χ3n) is 4.01. The first kappa shape index (κ1) is 18.2. The maximum atomic E-state index is 12.3. The third kappa shape index (κ3) is 3.98. The van der Waals surface area contributed by atoms with Gasteiger partial charge in [0, 0.05) is 23.6 Å². The molecule has 3 N–H and O–H groups in total. The summed E-state index contributed by atoms with van der Waals surface area (Å²) in [6.45, 7) is 1.98. The number of hydrogen-bond donors (Lipinski definition) is 2. The second kappa shape index (κ2) is 7.77. The average molecular weight is 376 g/mol. The van der Waals surface area contributed by atoms with Crippen LogP contribution in [0.5, 0.6) is 0 Å². The molecule has 3 rings (SSSR count). The molecule has 0 aliphatic heterocycles. The molecule has 2 heterocycles. The van der Waals surface area contributed by atoms with Gasteiger partial charge in [0.15, 0.2) is 5.82 Å². The fraction of sp³-hybridized carbons (Fsp3) is 0.294. The highest BCUT2D eigenvalue weighted by Crippen LogP contribution is 2.19. The largest absolute Gasteiger partial charge is 0.388 e. The van der Waals surface area contributed by atoms with E-state index in [0.717, 1.165) is 0 Å². The van der Waals surface area contributed by atoms with Crippen LogP contribution < -0.4 is 11.3 Å². The van der Waals surface area contributed by atoms with Gasteiger partial charge in [0.05, 0.1) is 18.1 Å². The van der Waals surface area contributed by atoms with Gasteiger partial charge in [-0.1, -0.05) is 28.9 Å². The molecule has 0 fully saturated rings. The molecule has 2 aromatic heterocycles. The van der Waals surface area contributed by atoms with Crippen molar-refractivity contribution in [1.82, 2.24) is 19.7 Å². The van der Waals surface area contributed by atoms with Crippen LogP contribution in [0.15, 0.2) is 39.9 Å². The lowest BCUT2D eigenvalue weighted by molar-refractivity contribution is 0.174. The van der Waals surface area contributed by atoms with Crippen molar-refractivity contribution in [3.8, 4) is 0 Å². The Hall–Kier alpha value is -2.55. The lowest BCUT2D eigenvalue weighted by atomic mass is 10.1. The summed E-state index contributed by atoms with van der Waals surface area (Å²) in [6.07, 6.45) is 0.807. The van der Waals surface area contributed by atoms with Gasteiger partial charge >= 0.3 is 0 Å². The molecule has 1 atom stereocenters. The van der Waals surface area contributed by atoms with Gasteiger partial charge in [-0.3, -0.25) is 9.36 Å². The van der Waals surface area contributed by atoms with Crippen molar-refractivity contribution in [2.75, 3.05) is 0 Å². The van der Waals surface area contributed by atoms with Crippen LogP contribution in [-0.2, 0) is 19.5 Å². The molecule has 0 saturated carbocycles. The number of rotatable bonds is 6. The number of nitrogens with zero attached hydrogens (tertiary/aromatic N) is 4. The minimum absolute atomic E-state index is 0.0988. The van der Waals surface area contributed by atoms with E-state index in [9.17, 15) is 9.90 Å². The number of aromatic nitrogens is 4. The minimum atomic E-state index is -0.784. The van der Waals surface area contributed by atoms with Crippen molar-refractivity contribution < 1.29 is 9.63 Å². The zero-order valence-electron chi connectivity index (χ0n) is 14.1. The van der Waals surface area contributed by atoms with Crippen molar-refractivity contribution in [2.24, 2.45) is 5.73 Å². The van der Waals surface area contributed by atoms with E-state index in [4.69, 9.17) is 21.9 Å². The van der Waals surface area contributed by atoms with Crippen LogP contribution in [0, 0.1) is 6.92 Å². The van der Waals surface area contributed by atoms with Crippen molar-refractivity contribution in [2.45, 2.75) is 32.5 Å². The number of aliphatic hydroxyl groups is 1. The van der Waals surface area contributed by atoms with Crippen LogP contribution in [0.25, 0.3) is 0 Å². The first-order valence-electron chi connectivity index (χ1n) is 7.98. The standard InChI is InChI=1S/C17H18ClN5O3/c1-10-13(7-19)20-9-23(17(10)25)8-16-21-15(22-26-16)6-14(24)11-2-4-12(18)5-3-11/h2-5,9,14,24H,6-8,19H2,1H3/t14-/m0/s1. The first-order valence-corrected chi connectivity index (χ1v) is 8.35. The summed E-state index contributed by atoms with van der Waals surface area (Å²) in [6, 6.07) is 6.88. The molecule has 1 aromatic carbocycles. The molecule has 0 bridgehead atoms. The highest BCUT2D eigenvalue weighted by atomic mass is 35.5. The Labute approximate surface area is 154 Å². The fourth-order valence-corrected chi connectivity index (χ4v) is 2.63. The Balaban J connectivity index is 1.71. The second-order valence-corrected chi connectivity index (χ2v) is 6.27. The highest BCUT2D eigenvalue weighted by Gasteiger charge is 2.15. The van der Waals surface area contributed by atoms with Crippen LogP contribution in [0.4, 0.5) is 0 Å². The van der Waals surface area contributed by atoms with Gasteiger partial charge in [-0.05, 0) is 24.6 Å². The lowest BCUT2D eigenvalue weighted by Crippen LogP contribution is -2.26. The van der Waals surface area contributed by atoms with Crippen LogP contribution in [-0.4, -0.2) is 24.8 Å². The summed E-state index contributed by atoms with van der Waals surface area (Å²) in [7, 11) is 0. The van der Waals surface area contributed by atoms with Crippen LogP contribution in [0.1, 0.15) is 34.6 Å². The summed E-state index contributed by atoms with van der Waals surface area (Å²) in [5, 5.41) is 14.7. The topological polar surface area (TPSA) is 120 Å². The zero-order valence-corrected chi connectivity index (χ0v) is 14.8. The summed E-state index contributed by atoms with van der Waals surface area (Å²) in [5.74, 6) is 0.603. The van der Waals surface area contributed by atoms with E-state index in [1.54, 1.807) is 31.2 Å². The Morgan fingerprint density at radius 1 is 1.35 bits per heavy atom. The average Bonchev–Trinajstić information content (AvgIpc) is 3.06. The summed E-state index contributed by atoms with van der Waals surface area (Å²) >= 11 is 5.84. The minimum Gasteiger partial charge on any atom is -0.388 e. The molecule has 0 saturated heterocycles. The molecule has 0 spiro atoms. The predicted octanol–water partition coefficient (Wildman–Crippen LogP) is 1.37. The molecule has 8 nitrogen and oxygen atoms in total. The molecule has 0 aliphatic carbocycles. The van der Waals surface area contributed by atoms with Crippen LogP contribution >= 0.6 is 11.6 Å². The molecule has 0 amide bonds. The first-order chi connectivity index (χ1) is 12.5. The van der Waals surface area contributed by atoms with Gasteiger partial charge in [0.1, 0.15) is 6.54 Å². The summed E-state index contributed by atoms with van der Waals surface area (Å²) in [5.41, 5.74) is 7.09. The van der Waals surface area contributed by atoms with Crippen molar-refractivity contribution >= 4 is 11.6 Å². The number of aliphatic hydroxyl groups excluding tert-OH is 1. The second-order valence-electron chi connectivity index (χ2n) is 5.83. The van der Waals surface area contributed by atoms with Gasteiger partial charge in [0.2, 0.25) is 5.89 Å². The predicted molar refractivity (Wildman–Crippen MR) is 94.6 cm³/mol. The Morgan fingerprint density at radius 2 is 2.08 bits per heavy atom. The molecule has 26 heavy (non-hydrogen) atoms. The van der Waals surface area contributed by atoms with Crippen molar-refractivity contribution in [3.63, 3.8) is 0 Å². The Morgan fingerprint density at radius 3 is 2.77 bits per heavy atom. The molecule has 0 radical (unpaired) electrons. The molecule has 9 heteroatoms. The smallest absolute Gasteiger partial charge is 0.256 e. The number of nitrogens with two attached hydrogens (primary N) is 1. The van der Waals surface area contributed by atoms with Gasteiger partial charge in [-0.15, -0.1) is 0 Å². The Bertz CT molecular complexity index is 952. The fourth-order valence-electron chi connectivity index (χ4n) is 2.50. The van der Waals surface area contributed by atoms with Crippen molar-refractivity contribution in [1.29, 1.82) is 0 Å². The molecule has 136 valence electrons. The quantitative estimate of drug-likeness (QED) is 0.667. The van der Waals surface area contributed by atoms with Gasteiger partial charge < -0.3 is 15.4 Å². The highest BCUT2D eigenvalue weighted by molar-refractivity contribution is 6.30. The molecular formula is C17H18ClN5O3. The Kier molecular flexibility index (Phi) is 5.46. The maximum Gasteiger partial charge on any atom is 0.256 e. The summed E-state index contributed by atoms with van der Waals surface area (Å²) < 4.78 is 6.55. The monoisotopic (exact) mass is 375 g/mol. The van der Waals surface area contributed by atoms with E-state index in [0.29, 0.717) is 27.7 Å². The number of hydrogen-bond acceptors (Lipinski definition) is 7. The number of halogens is 1. The molecule has 0 aliphatic rings. The lowest BCUT2D eigenvalue weighted by Gasteiger charge is -2.08. The van der Waals surface area contributed by atoms with E-state index < -0.39 is 6.10 Å². The number of benzene rings is 1. The van der Waals surface area contributed by atoms with Crippen LogP contribution in [0.3, 0.4) is 0 Å².